The second-order valence-electron chi connectivity index (χ2n) is 6.85. The second-order valence-corrected chi connectivity index (χ2v) is 6.85. The predicted octanol–water partition coefficient (Wildman–Crippen LogP) is 1.12. The Morgan fingerprint density at radius 2 is 1.29 bits per heavy atom. The highest BCUT2D eigenvalue weighted by atomic mass is 16.4. The van der Waals surface area contributed by atoms with E-state index in [9.17, 15) is 19.5 Å². The number of nitrogens with two attached hydrogens (primary N) is 1. The molecular weight excluding hydrogens is 310 g/mol. The van der Waals surface area contributed by atoms with Gasteiger partial charge < -0.3 is 21.5 Å². The zero-order chi connectivity index (χ0) is 19.0. The van der Waals surface area contributed by atoms with Crippen molar-refractivity contribution in [3.63, 3.8) is 0 Å². The quantitative estimate of drug-likeness (QED) is 0.473. The average molecular weight is 343 g/mol. The molecule has 5 N–H and O–H groups in total. The maximum Gasteiger partial charge on any atom is 0.326 e. The van der Waals surface area contributed by atoms with Gasteiger partial charge >= 0.3 is 5.97 Å². The van der Waals surface area contributed by atoms with Crippen molar-refractivity contribution in [1.82, 2.24) is 10.6 Å². The number of carbonyl (C=O) groups is 3. The Morgan fingerprint density at radius 1 is 0.875 bits per heavy atom. The number of carbonyl (C=O) groups excluding carboxylic acids is 2. The van der Waals surface area contributed by atoms with E-state index in [0.29, 0.717) is 12.8 Å². The van der Waals surface area contributed by atoms with Gasteiger partial charge in [-0.1, -0.05) is 54.4 Å². The smallest absolute Gasteiger partial charge is 0.326 e. The van der Waals surface area contributed by atoms with Gasteiger partial charge in [0.15, 0.2) is 0 Å². The molecule has 0 rings (SSSR count). The molecule has 0 aliphatic heterocycles. The fourth-order valence-electron chi connectivity index (χ4n) is 2.18. The highest BCUT2D eigenvalue weighted by Crippen LogP contribution is 2.12. The van der Waals surface area contributed by atoms with Gasteiger partial charge in [-0.3, -0.25) is 9.59 Å². The van der Waals surface area contributed by atoms with Crippen molar-refractivity contribution in [2.75, 3.05) is 0 Å². The standard InChI is InChI=1S/C17H33N3O4/c1-7-10(5)13(19-15(21)12(18)9(3)4)16(22)20-14(17(23)24)11(6)8-2/h9-14H,7-8,18H2,1-6H3,(H,19,21)(H,20,22)(H,23,24). The van der Waals surface area contributed by atoms with Gasteiger partial charge in [-0.05, 0) is 17.8 Å². The normalized spacial score (nSPS) is 17.5. The van der Waals surface area contributed by atoms with Crippen LogP contribution in [0.15, 0.2) is 0 Å². The van der Waals surface area contributed by atoms with Gasteiger partial charge in [0, 0.05) is 0 Å². The molecular formula is C17H33N3O4. The summed E-state index contributed by atoms with van der Waals surface area (Å²) in [5.74, 6) is -2.37. The summed E-state index contributed by atoms with van der Waals surface area (Å²) in [5.41, 5.74) is 5.83. The van der Waals surface area contributed by atoms with Crippen molar-refractivity contribution in [2.45, 2.75) is 72.5 Å². The first-order chi connectivity index (χ1) is 11.1. The van der Waals surface area contributed by atoms with Crippen molar-refractivity contribution in [2.24, 2.45) is 23.5 Å². The molecule has 24 heavy (non-hydrogen) atoms. The maximum absolute atomic E-state index is 12.6. The van der Waals surface area contributed by atoms with Crippen molar-refractivity contribution >= 4 is 17.8 Å². The number of aliphatic carboxylic acids is 1. The molecule has 0 aliphatic carbocycles. The summed E-state index contributed by atoms with van der Waals surface area (Å²) >= 11 is 0. The Bertz CT molecular complexity index is 440. The monoisotopic (exact) mass is 343 g/mol. The van der Waals surface area contributed by atoms with Crippen LogP contribution in [0.3, 0.4) is 0 Å². The lowest BCUT2D eigenvalue weighted by Crippen LogP contribution is -2.58. The van der Waals surface area contributed by atoms with Crippen LogP contribution in [0.1, 0.15) is 54.4 Å². The molecule has 0 aromatic carbocycles. The number of hydrogen-bond acceptors (Lipinski definition) is 4. The molecule has 7 heteroatoms. The lowest BCUT2D eigenvalue weighted by Gasteiger charge is -2.28. The summed E-state index contributed by atoms with van der Waals surface area (Å²) in [6.45, 7) is 11.0. The predicted molar refractivity (Wildman–Crippen MR) is 93.2 cm³/mol. The van der Waals surface area contributed by atoms with Crippen LogP contribution in [-0.2, 0) is 14.4 Å². The third kappa shape index (κ3) is 6.47. The molecule has 5 atom stereocenters. The van der Waals surface area contributed by atoms with Crippen molar-refractivity contribution < 1.29 is 19.5 Å². The van der Waals surface area contributed by atoms with E-state index in [1.54, 1.807) is 6.92 Å². The van der Waals surface area contributed by atoms with E-state index in [2.05, 4.69) is 10.6 Å². The topological polar surface area (TPSA) is 122 Å². The minimum absolute atomic E-state index is 0.0578. The number of amides is 2. The second kappa shape index (κ2) is 10.3. The fraction of sp³-hybridized carbons (Fsp3) is 0.824. The zero-order valence-electron chi connectivity index (χ0n) is 15.6. The average Bonchev–Trinajstić information content (AvgIpc) is 2.54. The van der Waals surface area contributed by atoms with E-state index >= 15 is 0 Å². The zero-order valence-corrected chi connectivity index (χ0v) is 15.6. The van der Waals surface area contributed by atoms with Crippen LogP contribution in [0.2, 0.25) is 0 Å². The van der Waals surface area contributed by atoms with Crippen LogP contribution in [0.5, 0.6) is 0 Å². The van der Waals surface area contributed by atoms with Crippen molar-refractivity contribution in [3.05, 3.63) is 0 Å². The van der Waals surface area contributed by atoms with E-state index < -0.39 is 35.9 Å². The lowest BCUT2D eigenvalue weighted by atomic mass is 9.94. The minimum Gasteiger partial charge on any atom is -0.480 e. The Labute approximate surface area is 144 Å². The lowest BCUT2D eigenvalue weighted by molar-refractivity contribution is -0.144. The highest BCUT2D eigenvalue weighted by Gasteiger charge is 2.33. The van der Waals surface area contributed by atoms with E-state index in [4.69, 9.17) is 5.73 Å². The summed E-state index contributed by atoms with van der Waals surface area (Å²) in [6, 6.07) is -2.50. The highest BCUT2D eigenvalue weighted by molar-refractivity contribution is 5.92. The van der Waals surface area contributed by atoms with Crippen LogP contribution in [0, 0.1) is 17.8 Å². The number of carboxylic acids is 1. The molecule has 5 unspecified atom stereocenters. The first-order valence-corrected chi connectivity index (χ1v) is 8.65. The number of nitrogens with one attached hydrogen (secondary N) is 2. The molecule has 0 spiro atoms. The molecule has 2 amide bonds. The molecule has 7 nitrogen and oxygen atoms in total. The van der Waals surface area contributed by atoms with Crippen molar-refractivity contribution in [1.29, 1.82) is 0 Å². The Balaban J connectivity index is 5.20. The number of rotatable bonds is 10. The van der Waals surface area contributed by atoms with Gasteiger partial charge in [-0.25, -0.2) is 4.79 Å². The first kappa shape index (κ1) is 22.4. The van der Waals surface area contributed by atoms with Crippen LogP contribution in [0.4, 0.5) is 0 Å². The molecule has 0 saturated heterocycles. The number of carboxylic acid groups (broad SMARTS) is 1. The summed E-state index contributed by atoms with van der Waals surface area (Å²) in [7, 11) is 0. The molecule has 0 aromatic rings. The minimum atomic E-state index is -1.08. The summed E-state index contributed by atoms with van der Waals surface area (Å²) in [6.07, 6.45) is 1.28. The maximum atomic E-state index is 12.6. The Hall–Kier alpha value is -1.63. The molecule has 0 saturated carbocycles. The van der Waals surface area contributed by atoms with Gasteiger partial charge in [0.1, 0.15) is 12.1 Å². The van der Waals surface area contributed by atoms with E-state index in [0.717, 1.165) is 0 Å². The Morgan fingerprint density at radius 3 is 1.67 bits per heavy atom. The van der Waals surface area contributed by atoms with Crippen LogP contribution in [0.25, 0.3) is 0 Å². The molecule has 0 fully saturated rings. The van der Waals surface area contributed by atoms with Crippen LogP contribution < -0.4 is 16.4 Å². The van der Waals surface area contributed by atoms with Gasteiger partial charge in [0.05, 0.1) is 6.04 Å². The summed E-state index contributed by atoms with van der Waals surface area (Å²) in [4.78, 5) is 36.2. The largest absolute Gasteiger partial charge is 0.480 e. The summed E-state index contributed by atoms with van der Waals surface area (Å²) in [5, 5.41) is 14.6. The van der Waals surface area contributed by atoms with E-state index in [-0.39, 0.29) is 17.8 Å². The first-order valence-electron chi connectivity index (χ1n) is 8.65. The van der Waals surface area contributed by atoms with Gasteiger partial charge in [0.25, 0.3) is 0 Å². The number of hydrogen-bond donors (Lipinski definition) is 4. The summed E-state index contributed by atoms with van der Waals surface area (Å²) < 4.78 is 0. The van der Waals surface area contributed by atoms with Crippen LogP contribution >= 0.6 is 0 Å². The van der Waals surface area contributed by atoms with E-state index in [1.165, 1.54) is 0 Å². The van der Waals surface area contributed by atoms with Gasteiger partial charge in [0.2, 0.25) is 11.8 Å². The molecule has 0 radical (unpaired) electrons. The molecule has 0 heterocycles. The SMILES string of the molecule is CCC(C)C(NC(=O)C(NC(=O)C(N)C(C)C)C(C)CC)C(=O)O. The van der Waals surface area contributed by atoms with Crippen LogP contribution in [-0.4, -0.2) is 41.0 Å². The molecule has 0 bridgehead atoms. The molecule has 140 valence electrons. The Kier molecular flexibility index (Phi) is 9.58. The van der Waals surface area contributed by atoms with Gasteiger partial charge in [-0.2, -0.15) is 0 Å². The molecule has 0 aliphatic rings. The third-order valence-electron chi connectivity index (χ3n) is 4.59. The van der Waals surface area contributed by atoms with Crippen molar-refractivity contribution in [3.8, 4) is 0 Å². The molecule has 0 aromatic heterocycles. The van der Waals surface area contributed by atoms with Gasteiger partial charge in [-0.15, -0.1) is 0 Å². The fourth-order valence-corrected chi connectivity index (χ4v) is 2.18. The van der Waals surface area contributed by atoms with E-state index in [1.807, 2.05) is 34.6 Å². The third-order valence-corrected chi connectivity index (χ3v) is 4.59.